The lowest BCUT2D eigenvalue weighted by Gasteiger charge is -2.07. The largest absolute Gasteiger partial charge is 0.423 e. The quantitative estimate of drug-likeness (QED) is 0.531. The van der Waals surface area contributed by atoms with Crippen LogP contribution in [0.25, 0.3) is 11.4 Å². The number of benzene rings is 2. The van der Waals surface area contributed by atoms with E-state index in [0.717, 1.165) is 11.1 Å². The van der Waals surface area contributed by atoms with Gasteiger partial charge in [-0.1, -0.05) is 41.9 Å². The van der Waals surface area contributed by atoms with Crippen molar-refractivity contribution in [3.63, 3.8) is 0 Å². The summed E-state index contributed by atoms with van der Waals surface area (Å²) in [6, 6.07) is 14.6. The van der Waals surface area contributed by atoms with Gasteiger partial charge < -0.3 is 4.74 Å². The fraction of sp³-hybridized carbons (Fsp3) is 0.0556. The molecule has 23 heavy (non-hydrogen) atoms. The van der Waals surface area contributed by atoms with E-state index >= 15 is 0 Å². The molecule has 2 aromatic carbocycles. The van der Waals surface area contributed by atoms with Crippen molar-refractivity contribution in [1.82, 2.24) is 9.97 Å². The Morgan fingerprint density at radius 1 is 1.04 bits per heavy atom. The first-order valence-corrected chi connectivity index (χ1v) is 7.37. The highest BCUT2D eigenvalue weighted by molar-refractivity contribution is 6.30. The van der Waals surface area contributed by atoms with Crippen LogP contribution in [-0.4, -0.2) is 15.9 Å². The number of hydrogen-bond acceptors (Lipinski definition) is 4. The van der Waals surface area contributed by atoms with Crippen molar-refractivity contribution in [2.24, 2.45) is 0 Å². The summed E-state index contributed by atoms with van der Waals surface area (Å²) in [5, 5.41) is 0.595. The van der Waals surface area contributed by atoms with Gasteiger partial charge in [-0.2, -0.15) is 0 Å². The van der Waals surface area contributed by atoms with E-state index in [-0.39, 0.29) is 0 Å². The summed E-state index contributed by atoms with van der Waals surface area (Å²) in [7, 11) is 0. The highest BCUT2D eigenvalue weighted by Crippen LogP contribution is 2.22. The topological polar surface area (TPSA) is 52.1 Å². The molecule has 5 heteroatoms. The molecule has 3 aromatic rings. The molecule has 0 unspecified atom stereocenters. The fourth-order valence-electron chi connectivity index (χ4n) is 2.06. The van der Waals surface area contributed by atoms with E-state index in [9.17, 15) is 4.79 Å². The van der Waals surface area contributed by atoms with Gasteiger partial charge in [-0.3, -0.25) is 0 Å². The van der Waals surface area contributed by atoms with Gasteiger partial charge >= 0.3 is 5.97 Å². The Morgan fingerprint density at radius 2 is 1.74 bits per heavy atom. The molecule has 0 atom stereocenters. The van der Waals surface area contributed by atoms with Crippen molar-refractivity contribution in [2.75, 3.05) is 0 Å². The van der Waals surface area contributed by atoms with E-state index in [0.29, 0.717) is 22.2 Å². The molecule has 0 spiro atoms. The maximum absolute atomic E-state index is 12.2. The van der Waals surface area contributed by atoms with Crippen LogP contribution in [0, 0.1) is 6.92 Å². The van der Waals surface area contributed by atoms with E-state index in [1.165, 1.54) is 12.4 Å². The molecular weight excluding hydrogens is 312 g/mol. The minimum Gasteiger partial charge on any atom is -0.423 e. The van der Waals surface area contributed by atoms with Gasteiger partial charge in [0, 0.05) is 23.0 Å². The van der Waals surface area contributed by atoms with Crippen molar-refractivity contribution in [3.05, 3.63) is 77.1 Å². The summed E-state index contributed by atoms with van der Waals surface area (Å²) >= 11 is 5.89. The normalized spacial score (nSPS) is 10.3. The molecule has 0 radical (unpaired) electrons. The Morgan fingerprint density at radius 3 is 2.39 bits per heavy atom. The molecular formula is C18H13ClN2O2. The van der Waals surface area contributed by atoms with Gasteiger partial charge in [0.15, 0.2) is 5.82 Å². The van der Waals surface area contributed by atoms with Gasteiger partial charge in [-0.25, -0.2) is 14.8 Å². The lowest BCUT2D eigenvalue weighted by Crippen LogP contribution is -2.10. The number of rotatable bonds is 3. The number of nitrogens with zero attached hydrogens (tertiary/aromatic N) is 2. The minimum absolute atomic E-state index is 0.291. The maximum atomic E-state index is 12.2. The molecule has 0 saturated heterocycles. The van der Waals surface area contributed by atoms with Crippen molar-refractivity contribution in [1.29, 1.82) is 0 Å². The summed E-state index contributed by atoms with van der Waals surface area (Å²) in [6.45, 7) is 1.82. The molecule has 0 N–H and O–H groups in total. The Kier molecular flexibility index (Phi) is 4.35. The predicted molar refractivity (Wildman–Crippen MR) is 88.6 cm³/mol. The summed E-state index contributed by atoms with van der Waals surface area (Å²) in [6.07, 6.45) is 2.92. The number of carbonyl (C=O) groups excluding carboxylic acids is 1. The van der Waals surface area contributed by atoms with Crippen LogP contribution in [0.3, 0.4) is 0 Å². The zero-order chi connectivity index (χ0) is 16.2. The molecule has 0 amide bonds. The predicted octanol–water partition coefficient (Wildman–Crippen LogP) is 4.32. The van der Waals surface area contributed by atoms with Crippen LogP contribution >= 0.6 is 11.6 Å². The molecule has 0 aliphatic heterocycles. The number of aromatic nitrogens is 2. The third-order valence-corrected chi connectivity index (χ3v) is 3.49. The van der Waals surface area contributed by atoms with Gasteiger partial charge in [0.1, 0.15) is 5.75 Å². The first kappa shape index (κ1) is 15.2. The average Bonchev–Trinajstić information content (AvgIpc) is 2.58. The smallest absolute Gasteiger partial charge is 0.346 e. The Labute approximate surface area is 138 Å². The van der Waals surface area contributed by atoms with Crippen LogP contribution < -0.4 is 4.74 Å². The van der Waals surface area contributed by atoms with Crippen LogP contribution in [0.4, 0.5) is 0 Å². The van der Waals surface area contributed by atoms with Crippen LogP contribution in [0.15, 0.2) is 60.9 Å². The second kappa shape index (κ2) is 6.58. The molecule has 4 nitrogen and oxygen atoms in total. The average molecular weight is 325 g/mol. The number of aryl methyl sites for hydroxylation is 1. The molecule has 0 fully saturated rings. The Balaban J connectivity index is 1.78. The highest BCUT2D eigenvalue weighted by Gasteiger charge is 2.12. The lowest BCUT2D eigenvalue weighted by atomic mass is 10.2. The lowest BCUT2D eigenvalue weighted by molar-refractivity contribution is 0.0732. The van der Waals surface area contributed by atoms with E-state index in [4.69, 9.17) is 16.3 Å². The summed E-state index contributed by atoms with van der Waals surface area (Å²) in [5.41, 5.74) is 1.97. The van der Waals surface area contributed by atoms with Crippen LogP contribution in [0.2, 0.25) is 5.02 Å². The van der Waals surface area contributed by atoms with Gasteiger partial charge in [-0.05, 0) is 30.7 Å². The maximum Gasteiger partial charge on any atom is 0.346 e. The molecule has 1 aromatic heterocycles. The molecule has 0 bridgehead atoms. The van der Waals surface area contributed by atoms with Crippen LogP contribution in [0.1, 0.15) is 15.9 Å². The van der Waals surface area contributed by atoms with E-state index in [2.05, 4.69) is 9.97 Å². The summed E-state index contributed by atoms with van der Waals surface area (Å²) < 4.78 is 5.35. The van der Waals surface area contributed by atoms with Gasteiger partial charge in [0.05, 0.1) is 5.56 Å². The third kappa shape index (κ3) is 3.55. The van der Waals surface area contributed by atoms with Crippen molar-refractivity contribution < 1.29 is 9.53 Å². The zero-order valence-electron chi connectivity index (χ0n) is 12.4. The molecule has 0 aliphatic carbocycles. The van der Waals surface area contributed by atoms with Crippen LogP contribution in [-0.2, 0) is 0 Å². The minimum atomic E-state index is -0.505. The number of hydrogen-bond donors (Lipinski definition) is 0. The van der Waals surface area contributed by atoms with Crippen molar-refractivity contribution in [3.8, 4) is 17.1 Å². The second-order valence-electron chi connectivity index (χ2n) is 4.96. The highest BCUT2D eigenvalue weighted by atomic mass is 35.5. The van der Waals surface area contributed by atoms with Gasteiger partial charge in [0.2, 0.25) is 0 Å². The van der Waals surface area contributed by atoms with Gasteiger partial charge in [-0.15, -0.1) is 0 Å². The zero-order valence-corrected chi connectivity index (χ0v) is 13.1. The number of carbonyl (C=O) groups is 1. The molecule has 1 heterocycles. The third-order valence-electron chi connectivity index (χ3n) is 3.26. The summed E-state index contributed by atoms with van der Waals surface area (Å²) in [4.78, 5) is 20.6. The molecule has 0 aliphatic rings. The Bertz CT molecular complexity index is 833. The van der Waals surface area contributed by atoms with E-state index < -0.39 is 5.97 Å². The number of halogens is 1. The van der Waals surface area contributed by atoms with Crippen molar-refractivity contribution in [2.45, 2.75) is 6.92 Å². The molecule has 3 rings (SSSR count). The van der Waals surface area contributed by atoms with Gasteiger partial charge in [0.25, 0.3) is 0 Å². The SMILES string of the molecule is Cc1cc(Cl)ccc1OC(=O)c1cnc(-c2ccccc2)nc1. The molecule has 0 saturated carbocycles. The first-order chi connectivity index (χ1) is 11.1. The fourth-order valence-corrected chi connectivity index (χ4v) is 2.28. The van der Waals surface area contributed by atoms with Crippen molar-refractivity contribution >= 4 is 17.6 Å². The Hall–Kier alpha value is -2.72. The second-order valence-corrected chi connectivity index (χ2v) is 5.40. The number of esters is 1. The van der Waals surface area contributed by atoms with E-state index in [1.54, 1.807) is 18.2 Å². The molecule has 114 valence electrons. The monoisotopic (exact) mass is 324 g/mol. The first-order valence-electron chi connectivity index (χ1n) is 6.99. The summed E-state index contributed by atoms with van der Waals surface area (Å²) in [5.74, 6) is 0.520. The van der Waals surface area contributed by atoms with E-state index in [1.807, 2.05) is 37.3 Å². The number of ether oxygens (including phenoxy) is 1. The van der Waals surface area contributed by atoms with Crippen LogP contribution in [0.5, 0.6) is 5.75 Å². The standard InChI is InChI=1S/C18H13ClN2O2/c1-12-9-15(19)7-8-16(12)23-18(22)14-10-20-17(21-11-14)13-5-3-2-4-6-13/h2-11H,1H3.